The Morgan fingerprint density at radius 1 is 1.03 bits per heavy atom. The molecule has 3 aromatic rings. The Hall–Kier alpha value is -2.75. The summed E-state index contributed by atoms with van der Waals surface area (Å²) in [6, 6.07) is 21.2. The fourth-order valence-electron chi connectivity index (χ4n) is 4.75. The average Bonchev–Trinajstić information content (AvgIpc) is 3.16. The molecule has 1 aliphatic carbocycles. The van der Waals surface area contributed by atoms with Gasteiger partial charge < -0.3 is 9.64 Å². The molecule has 31 heavy (non-hydrogen) atoms. The lowest BCUT2D eigenvalue weighted by Gasteiger charge is -2.38. The molecule has 0 saturated carbocycles. The van der Waals surface area contributed by atoms with Gasteiger partial charge in [0.15, 0.2) is 0 Å². The third kappa shape index (κ3) is 3.52. The second kappa shape index (κ2) is 8.07. The number of methoxy groups -OCH3 is 1. The Morgan fingerprint density at radius 2 is 1.81 bits per heavy atom. The number of carbonyl (C=O) groups excluding carboxylic acids is 1. The van der Waals surface area contributed by atoms with E-state index in [1.54, 1.807) is 19.2 Å². The van der Waals surface area contributed by atoms with E-state index in [1.165, 1.54) is 22.3 Å². The number of amides is 1. The van der Waals surface area contributed by atoms with Crippen LogP contribution in [0.5, 0.6) is 5.75 Å². The number of hydrogen-bond acceptors (Lipinski definition) is 2. The molecule has 1 amide bonds. The molecule has 5 rings (SSSR count). The Balaban J connectivity index is 1.62. The van der Waals surface area contributed by atoms with Crippen LogP contribution >= 0.6 is 23.2 Å². The predicted octanol–water partition coefficient (Wildman–Crippen LogP) is 6.60. The van der Waals surface area contributed by atoms with Crippen LogP contribution in [0.2, 0.25) is 10.0 Å². The zero-order chi connectivity index (χ0) is 21.5. The number of rotatable bonds is 3. The van der Waals surface area contributed by atoms with Crippen molar-refractivity contribution in [2.45, 2.75) is 18.9 Å². The number of hydrogen-bond donors (Lipinski definition) is 0. The van der Waals surface area contributed by atoms with E-state index in [2.05, 4.69) is 12.1 Å². The minimum absolute atomic E-state index is 0.0491. The Bertz CT molecular complexity index is 1200. The van der Waals surface area contributed by atoms with Crippen molar-refractivity contribution in [1.82, 2.24) is 4.90 Å². The number of fused-ring (bicyclic) bond motifs is 2. The zero-order valence-corrected chi connectivity index (χ0v) is 18.6. The molecule has 5 heteroatoms. The van der Waals surface area contributed by atoms with Crippen molar-refractivity contribution in [3.8, 4) is 5.75 Å². The molecule has 0 bridgehead atoms. The van der Waals surface area contributed by atoms with Gasteiger partial charge in [0.05, 0.1) is 23.7 Å². The zero-order valence-electron chi connectivity index (χ0n) is 17.1. The molecule has 1 atom stereocenters. The molecule has 0 aromatic heterocycles. The van der Waals surface area contributed by atoms with Crippen molar-refractivity contribution in [2.75, 3.05) is 13.7 Å². The van der Waals surface area contributed by atoms with E-state index >= 15 is 0 Å². The van der Waals surface area contributed by atoms with E-state index in [0.29, 0.717) is 17.1 Å². The monoisotopic (exact) mass is 449 g/mol. The van der Waals surface area contributed by atoms with Gasteiger partial charge in [-0.05, 0) is 77.1 Å². The molecule has 3 nitrogen and oxygen atoms in total. The van der Waals surface area contributed by atoms with Gasteiger partial charge in [0.25, 0.3) is 5.91 Å². The lowest BCUT2D eigenvalue weighted by molar-refractivity contribution is 0.0698. The van der Waals surface area contributed by atoms with Crippen molar-refractivity contribution in [3.05, 3.63) is 105 Å². The fourth-order valence-corrected chi connectivity index (χ4v) is 5.14. The smallest absolute Gasteiger partial charge is 0.256 e. The first-order chi connectivity index (χ1) is 15.1. The molecule has 0 spiro atoms. The molecule has 0 radical (unpaired) electrons. The van der Waals surface area contributed by atoms with Gasteiger partial charge in [-0.25, -0.2) is 0 Å². The van der Waals surface area contributed by atoms with Crippen LogP contribution in [0.15, 0.2) is 72.3 Å². The summed E-state index contributed by atoms with van der Waals surface area (Å²) in [4.78, 5) is 15.6. The topological polar surface area (TPSA) is 29.5 Å². The van der Waals surface area contributed by atoms with E-state index in [4.69, 9.17) is 27.9 Å². The second-order valence-electron chi connectivity index (χ2n) is 7.89. The van der Waals surface area contributed by atoms with Crippen molar-refractivity contribution < 1.29 is 9.53 Å². The fraction of sp³-hybridized carbons (Fsp3) is 0.192. The summed E-state index contributed by atoms with van der Waals surface area (Å²) in [6.07, 6.45) is 1.61. The van der Waals surface area contributed by atoms with Gasteiger partial charge in [-0.15, -0.1) is 0 Å². The molecule has 1 unspecified atom stereocenters. The molecule has 1 aliphatic heterocycles. The molecule has 156 valence electrons. The number of carbonyl (C=O) groups is 1. The van der Waals surface area contributed by atoms with Gasteiger partial charge in [-0.3, -0.25) is 4.79 Å². The lowest BCUT2D eigenvalue weighted by atomic mass is 9.88. The molecular formula is C26H21Cl2NO2. The van der Waals surface area contributed by atoms with Crippen molar-refractivity contribution in [3.63, 3.8) is 0 Å². The molecule has 2 aliphatic rings. The summed E-state index contributed by atoms with van der Waals surface area (Å²) in [5.41, 5.74) is 6.64. The second-order valence-corrected chi connectivity index (χ2v) is 8.73. The highest BCUT2D eigenvalue weighted by atomic mass is 35.5. The van der Waals surface area contributed by atoms with E-state index in [9.17, 15) is 4.79 Å². The van der Waals surface area contributed by atoms with Crippen LogP contribution in [-0.2, 0) is 6.42 Å². The Morgan fingerprint density at radius 3 is 2.55 bits per heavy atom. The summed E-state index contributed by atoms with van der Waals surface area (Å²) >= 11 is 12.7. The highest BCUT2D eigenvalue weighted by Crippen LogP contribution is 2.48. The standard InChI is InChI=1S/C26H21Cl2NO2/c1-31-19-10-7-16(8-11-19)25-23-14-17-6-9-18(27)15-22(17)20(23)12-13-29(25)26(30)21-4-2-3-5-24(21)28/h2-11,15,25H,12-14H2,1H3. The first-order valence-electron chi connectivity index (χ1n) is 10.3. The average molecular weight is 450 g/mol. The summed E-state index contributed by atoms with van der Waals surface area (Å²) in [5, 5.41) is 1.21. The van der Waals surface area contributed by atoms with Gasteiger partial charge in [0.1, 0.15) is 5.75 Å². The summed E-state index contributed by atoms with van der Waals surface area (Å²) in [6.45, 7) is 0.617. The predicted molar refractivity (Wildman–Crippen MR) is 125 cm³/mol. The van der Waals surface area contributed by atoms with Crippen LogP contribution in [0.1, 0.15) is 39.5 Å². The summed E-state index contributed by atoms with van der Waals surface area (Å²) in [7, 11) is 1.65. The maximum atomic E-state index is 13.6. The number of halogens is 2. The van der Waals surface area contributed by atoms with Crippen molar-refractivity contribution in [2.24, 2.45) is 0 Å². The highest BCUT2D eigenvalue weighted by Gasteiger charge is 2.38. The van der Waals surface area contributed by atoms with Gasteiger partial charge in [-0.2, -0.15) is 0 Å². The number of ether oxygens (including phenoxy) is 1. The van der Waals surface area contributed by atoms with Gasteiger partial charge in [0.2, 0.25) is 0 Å². The Kier molecular flexibility index (Phi) is 5.25. The maximum absolute atomic E-state index is 13.6. The first kappa shape index (κ1) is 20.2. The van der Waals surface area contributed by atoms with Crippen LogP contribution in [0.25, 0.3) is 5.57 Å². The Labute approximate surface area is 191 Å². The highest BCUT2D eigenvalue weighted by molar-refractivity contribution is 6.33. The van der Waals surface area contributed by atoms with E-state index in [1.807, 2.05) is 47.4 Å². The summed E-state index contributed by atoms with van der Waals surface area (Å²) in [5.74, 6) is 0.742. The number of nitrogens with zero attached hydrogens (tertiary/aromatic N) is 1. The normalized spacial score (nSPS) is 17.4. The summed E-state index contributed by atoms with van der Waals surface area (Å²) < 4.78 is 5.34. The molecular weight excluding hydrogens is 429 g/mol. The third-order valence-corrected chi connectivity index (χ3v) is 6.77. The van der Waals surface area contributed by atoms with Crippen LogP contribution in [0, 0.1) is 0 Å². The molecule has 3 aromatic carbocycles. The van der Waals surface area contributed by atoms with Gasteiger partial charge >= 0.3 is 0 Å². The molecule has 0 saturated heterocycles. The molecule has 0 fully saturated rings. The SMILES string of the molecule is COc1ccc(C2C3=C(CCN2C(=O)c2ccccc2Cl)c2cc(Cl)ccc2C3)cc1. The van der Waals surface area contributed by atoms with E-state index < -0.39 is 0 Å². The van der Waals surface area contributed by atoms with Crippen LogP contribution in [0.3, 0.4) is 0 Å². The largest absolute Gasteiger partial charge is 0.497 e. The number of benzene rings is 3. The maximum Gasteiger partial charge on any atom is 0.256 e. The van der Waals surface area contributed by atoms with Gasteiger partial charge in [0, 0.05) is 11.6 Å². The van der Waals surface area contributed by atoms with Crippen LogP contribution in [-0.4, -0.2) is 24.5 Å². The van der Waals surface area contributed by atoms with E-state index in [-0.39, 0.29) is 11.9 Å². The van der Waals surface area contributed by atoms with Gasteiger partial charge in [-0.1, -0.05) is 53.5 Å². The quantitative estimate of drug-likeness (QED) is 0.450. The van der Waals surface area contributed by atoms with Crippen LogP contribution in [0.4, 0.5) is 0 Å². The first-order valence-corrected chi connectivity index (χ1v) is 11.0. The van der Waals surface area contributed by atoms with Crippen LogP contribution < -0.4 is 4.74 Å². The molecule has 0 N–H and O–H groups in total. The van der Waals surface area contributed by atoms with E-state index in [0.717, 1.165) is 29.2 Å². The third-order valence-electron chi connectivity index (χ3n) is 6.21. The van der Waals surface area contributed by atoms with Crippen molar-refractivity contribution in [1.29, 1.82) is 0 Å². The minimum atomic E-state index is -0.162. The minimum Gasteiger partial charge on any atom is -0.497 e. The lowest BCUT2D eigenvalue weighted by Crippen LogP contribution is -2.39. The van der Waals surface area contributed by atoms with Crippen molar-refractivity contribution >= 4 is 34.7 Å². The molecule has 1 heterocycles.